The maximum atomic E-state index is 4.70. The van der Waals surface area contributed by atoms with Crippen molar-refractivity contribution in [3.63, 3.8) is 0 Å². The van der Waals surface area contributed by atoms with Crippen molar-refractivity contribution < 1.29 is 0 Å². The number of imidazole rings is 2. The Labute approximate surface area is 171 Å². The molecule has 6 aromatic rings. The van der Waals surface area contributed by atoms with Gasteiger partial charge in [-0.2, -0.15) is 0 Å². The summed E-state index contributed by atoms with van der Waals surface area (Å²) in [6, 6.07) is 19.7. The van der Waals surface area contributed by atoms with Gasteiger partial charge in [0.1, 0.15) is 17.2 Å². The zero-order valence-electron chi connectivity index (χ0n) is 16.1. The number of fused-ring (bicyclic) bond motifs is 5. The summed E-state index contributed by atoms with van der Waals surface area (Å²) in [4.78, 5) is 15.6. The van der Waals surface area contributed by atoms with Crippen molar-refractivity contribution in [2.24, 2.45) is 0 Å². The topological polar surface area (TPSA) is 57.4 Å². The second-order valence-corrected chi connectivity index (χ2v) is 8.49. The number of aromatic amines is 2. The summed E-state index contributed by atoms with van der Waals surface area (Å²) in [5, 5.41) is 2.57. The van der Waals surface area contributed by atoms with Crippen molar-refractivity contribution >= 4 is 42.5 Å². The van der Waals surface area contributed by atoms with Crippen molar-refractivity contribution in [3.8, 4) is 22.4 Å². The SMILES string of the molecule is Cc1ncc(-c2ccc(-c3ccc4c(c3)sc3c4ccc4[nH]c(C)nc43)cc2)[nH]1. The third-order valence-corrected chi connectivity index (χ3v) is 6.62. The van der Waals surface area contributed by atoms with E-state index in [1.165, 1.54) is 31.3 Å². The van der Waals surface area contributed by atoms with E-state index in [1.54, 1.807) is 0 Å². The molecule has 0 unspecified atom stereocenters. The maximum absolute atomic E-state index is 4.70. The van der Waals surface area contributed by atoms with Crippen LogP contribution >= 0.6 is 11.3 Å². The number of aromatic nitrogens is 4. The maximum Gasteiger partial charge on any atom is 0.106 e. The number of hydrogen-bond acceptors (Lipinski definition) is 3. The quantitative estimate of drug-likeness (QED) is 0.347. The van der Waals surface area contributed by atoms with Gasteiger partial charge in [0, 0.05) is 15.5 Å². The summed E-state index contributed by atoms with van der Waals surface area (Å²) in [5.74, 6) is 1.89. The Kier molecular flexibility index (Phi) is 3.43. The molecule has 0 radical (unpaired) electrons. The van der Waals surface area contributed by atoms with E-state index in [9.17, 15) is 0 Å². The van der Waals surface area contributed by atoms with Crippen LogP contribution in [-0.4, -0.2) is 19.9 Å². The zero-order valence-corrected chi connectivity index (χ0v) is 16.9. The number of thiophene rings is 1. The fourth-order valence-corrected chi connectivity index (χ4v) is 5.25. The standard InChI is InChI=1S/C24H18N4S/c1-13-25-12-21(26-13)16-5-3-15(4-6-16)17-7-8-18-19-9-10-20-23(28-14(2)27-20)24(19)29-22(18)11-17/h3-12H,1-2H3,(H,25,26)(H,27,28). The molecule has 0 saturated heterocycles. The molecule has 3 aromatic carbocycles. The number of hydrogen-bond donors (Lipinski definition) is 2. The molecule has 5 heteroatoms. The molecular weight excluding hydrogens is 376 g/mol. The smallest absolute Gasteiger partial charge is 0.106 e. The average molecular weight is 395 g/mol. The Morgan fingerprint density at radius 2 is 1.52 bits per heavy atom. The summed E-state index contributed by atoms with van der Waals surface area (Å²) in [7, 11) is 0. The van der Waals surface area contributed by atoms with Crippen molar-refractivity contribution in [3.05, 3.63) is 72.4 Å². The van der Waals surface area contributed by atoms with Crippen LogP contribution in [0.15, 0.2) is 60.8 Å². The Morgan fingerprint density at radius 1 is 0.759 bits per heavy atom. The minimum absolute atomic E-state index is 0.931. The van der Waals surface area contributed by atoms with E-state index in [0.717, 1.165) is 33.9 Å². The van der Waals surface area contributed by atoms with Gasteiger partial charge in [-0.15, -0.1) is 11.3 Å². The van der Waals surface area contributed by atoms with Crippen molar-refractivity contribution in [2.75, 3.05) is 0 Å². The highest BCUT2D eigenvalue weighted by Crippen LogP contribution is 2.39. The van der Waals surface area contributed by atoms with Crippen LogP contribution in [0.4, 0.5) is 0 Å². The average Bonchev–Trinajstić information content (AvgIpc) is 3.43. The van der Waals surface area contributed by atoms with Crippen LogP contribution in [0, 0.1) is 13.8 Å². The Bertz CT molecular complexity index is 1520. The highest BCUT2D eigenvalue weighted by atomic mass is 32.1. The molecule has 0 saturated carbocycles. The lowest BCUT2D eigenvalue weighted by molar-refractivity contribution is 1.15. The summed E-state index contributed by atoms with van der Waals surface area (Å²) in [6.07, 6.45) is 1.88. The lowest BCUT2D eigenvalue weighted by atomic mass is 10.0. The van der Waals surface area contributed by atoms with Crippen LogP contribution in [0.1, 0.15) is 11.6 Å². The van der Waals surface area contributed by atoms with E-state index in [4.69, 9.17) is 4.98 Å². The number of rotatable bonds is 2. The lowest BCUT2D eigenvalue weighted by Gasteiger charge is -2.04. The highest BCUT2D eigenvalue weighted by molar-refractivity contribution is 7.26. The second kappa shape index (κ2) is 6.03. The molecule has 140 valence electrons. The summed E-state index contributed by atoms with van der Waals surface area (Å²) in [5.41, 5.74) is 6.81. The van der Waals surface area contributed by atoms with Crippen LogP contribution < -0.4 is 0 Å². The largest absolute Gasteiger partial charge is 0.342 e. The van der Waals surface area contributed by atoms with Gasteiger partial charge in [0.25, 0.3) is 0 Å². The predicted octanol–water partition coefficient (Wildman–Crippen LogP) is 6.60. The lowest BCUT2D eigenvalue weighted by Crippen LogP contribution is -1.81. The minimum atomic E-state index is 0.931. The fourth-order valence-electron chi connectivity index (χ4n) is 4.02. The first kappa shape index (κ1) is 16.5. The number of H-pyrrole nitrogens is 2. The van der Waals surface area contributed by atoms with Crippen LogP contribution in [0.2, 0.25) is 0 Å². The van der Waals surface area contributed by atoms with E-state index in [2.05, 4.69) is 69.5 Å². The van der Waals surface area contributed by atoms with Gasteiger partial charge in [0.05, 0.1) is 22.1 Å². The van der Waals surface area contributed by atoms with Gasteiger partial charge in [-0.1, -0.05) is 42.5 Å². The van der Waals surface area contributed by atoms with E-state index in [1.807, 2.05) is 31.4 Å². The molecule has 0 aliphatic heterocycles. The second-order valence-electron chi connectivity index (χ2n) is 7.43. The molecule has 0 amide bonds. The van der Waals surface area contributed by atoms with Gasteiger partial charge in [-0.05, 0) is 42.7 Å². The van der Waals surface area contributed by atoms with E-state index in [-0.39, 0.29) is 0 Å². The van der Waals surface area contributed by atoms with Crippen LogP contribution in [0.3, 0.4) is 0 Å². The number of benzene rings is 3. The highest BCUT2D eigenvalue weighted by Gasteiger charge is 2.12. The summed E-state index contributed by atoms with van der Waals surface area (Å²) in [6.45, 7) is 3.97. The Hall–Kier alpha value is -3.44. The molecule has 4 nitrogen and oxygen atoms in total. The third-order valence-electron chi connectivity index (χ3n) is 5.44. The molecule has 3 heterocycles. The van der Waals surface area contributed by atoms with E-state index < -0.39 is 0 Å². The Balaban J connectivity index is 1.46. The number of aryl methyl sites for hydroxylation is 2. The molecule has 29 heavy (non-hydrogen) atoms. The van der Waals surface area contributed by atoms with Gasteiger partial charge in [0.15, 0.2) is 0 Å². The zero-order chi connectivity index (χ0) is 19.5. The number of nitrogens with one attached hydrogen (secondary N) is 2. The molecular formula is C24H18N4S. The molecule has 3 aromatic heterocycles. The van der Waals surface area contributed by atoms with E-state index in [0.29, 0.717) is 0 Å². The molecule has 0 aliphatic carbocycles. The van der Waals surface area contributed by atoms with Gasteiger partial charge >= 0.3 is 0 Å². The molecule has 0 spiro atoms. The fraction of sp³-hybridized carbons (Fsp3) is 0.0833. The van der Waals surface area contributed by atoms with Gasteiger partial charge < -0.3 is 9.97 Å². The molecule has 6 rings (SSSR count). The van der Waals surface area contributed by atoms with E-state index >= 15 is 0 Å². The van der Waals surface area contributed by atoms with Crippen LogP contribution in [-0.2, 0) is 0 Å². The van der Waals surface area contributed by atoms with Crippen molar-refractivity contribution in [1.82, 2.24) is 19.9 Å². The normalized spacial score (nSPS) is 11.8. The van der Waals surface area contributed by atoms with Gasteiger partial charge in [-0.3, -0.25) is 0 Å². The van der Waals surface area contributed by atoms with Crippen molar-refractivity contribution in [2.45, 2.75) is 13.8 Å². The number of nitrogens with zero attached hydrogens (tertiary/aromatic N) is 2. The summed E-state index contributed by atoms with van der Waals surface area (Å²) < 4.78 is 2.54. The first-order valence-corrected chi connectivity index (χ1v) is 10.4. The monoisotopic (exact) mass is 394 g/mol. The van der Waals surface area contributed by atoms with Crippen molar-refractivity contribution in [1.29, 1.82) is 0 Å². The molecule has 0 bridgehead atoms. The Morgan fingerprint density at radius 3 is 2.31 bits per heavy atom. The van der Waals surface area contributed by atoms with Gasteiger partial charge in [-0.25, -0.2) is 9.97 Å². The first-order chi connectivity index (χ1) is 14.2. The first-order valence-electron chi connectivity index (χ1n) is 9.60. The third kappa shape index (κ3) is 2.58. The molecule has 0 fully saturated rings. The molecule has 0 aliphatic rings. The van der Waals surface area contributed by atoms with Gasteiger partial charge in [0.2, 0.25) is 0 Å². The predicted molar refractivity (Wildman–Crippen MR) is 121 cm³/mol. The van der Waals surface area contributed by atoms with Crippen LogP contribution in [0.25, 0.3) is 53.6 Å². The minimum Gasteiger partial charge on any atom is -0.342 e. The molecule has 0 atom stereocenters. The van der Waals surface area contributed by atoms with Crippen LogP contribution in [0.5, 0.6) is 0 Å². The molecule has 2 N–H and O–H groups in total. The summed E-state index contributed by atoms with van der Waals surface area (Å²) >= 11 is 1.82.